The fourth-order valence-electron chi connectivity index (χ4n) is 1.94. The van der Waals surface area contributed by atoms with Crippen molar-refractivity contribution in [2.45, 2.75) is 0 Å². The van der Waals surface area contributed by atoms with Gasteiger partial charge in [0, 0.05) is 19.7 Å². The van der Waals surface area contributed by atoms with Crippen LogP contribution in [0.15, 0.2) is 47.6 Å². The molecule has 0 aliphatic heterocycles. The van der Waals surface area contributed by atoms with Gasteiger partial charge in [-0.1, -0.05) is 41.9 Å². The second kappa shape index (κ2) is 7.94. The zero-order valence-corrected chi connectivity index (χ0v) is 14.3. The molecule has 1 amide bonds. The standard InChI is InChI=1S/C16H16Cl2N4O/c1-22(2)21-15(11-6-4-3-5-7-11)16-12(19-14(23)10-17)8-9-13(18)20-16/h3-9H,10H2,1-2H3,(H,19,23)/b21-15+. The molecule has 1 N–H and O–H groups in total. The van der Waals surface area contributed by atoms with Crippen LogP contribution < -0.4 is 5.32 Å². The summed E-state index contributed by atoms with van der Waals surface area (Å²) in [5, 5.41) is 9.19. The van der Waals surface area contributed by atoms with Crippen LogP contribution in [0.25, 0.3) is 0 Å². The number of alkyl halides is 1. The third-order valence-corrected chi connectivity index (χ3v) is 3.28. The first-order valence-electron chi connectivity index (χ1n) is 6.85. The maximum atomic E-state index is 11.6. The molecule has 0 saturated heterocycles. The molecule has 0 saturated carbocycles. The van der Waals surface area contributed by atoms with Crippen molar-refractivity contribution in [3.8, 4) is 0 Å². The molecule has 0 aliphatic rings. The van der Waals surface area contributed by atoms with Crippen LogP contribution in [0, 0.1) is 0 Å². The minimum absolute atomic E-state index is 0.145. The average molecular weight is 351 g/mol. The summed E-state index contributed by atoms with van der Waals surface area (Å²) in [4.78, 5) is 16.0. The van der Waals surface area contributed by atoms with Crippen molar-refractivity contribution < 1.29 is 4.79 Å². The van der Waals surface area contributed by atoms with Crippen LogP contribution in [-0.2, 0) is 4.79 Å². The molecular formula is C16H16Cl2N4O. The van der Waals surface area contributed by atoms with Crippen LogP contribution >= 0.6 is 23.2 Å². The number of aromatic nitrogens is 1. The lowest BCUT2D eigenvalue weighted by Gasteiger charge is -2.15. The molecule has 0 fully saturated rings. The van der Waals surface area contributed by atoms with Crippen molar-refractivity contribution in [2.75, 3.05) is 25.3 Å². The number of carbonyl (C=O) groups is 1. The fraction of sp³-hybridized carbons (Fsp3) is 0.188. The van der Waals surface area contributed by atoms with E-state index in [4.69, 9.17) is 23.2 Å². The van der Waals surface area contributed by atoms with Gasteiger partial charge in [0.15, 0.2) is 0 Å². The SMILES string of the molecule is CN(C)/N=C(\c1ccccc1)c1nc(Cl)ccc1NC(=O)CCl. The van der Waals surface area contributed by atoms with Gasteiger partial charge >= 0.3 is 0 Å². The number of halogens is 2. The van der Waals surface area contributed by atoms with E-state index in [-0.39, 0.29) is 11.8 Å². The summed E-state index contributed by atoms with van der Waals surface area (Å²) in [7, 11) is 3.62. The third-order valence-electron chi connectivity index (χ3n) is 2.83. The van der Waals surface area contributed by atoms with Gasteiger partial charge < -0.3 is 10.3 Å². The number of hydrazone groups is 1. The highest BCUT2D eigenvalue weighted by atomic mass is 35.5. The summed E-state index contributed by atoms with van der Waals surface area (Å²) in [5.74, 6) is -0.470. The van der Waals surface area contributed by atoms with E-state index < -0.39 is 0 Å². The lowest BCUT2D eigenvalue weighted by Crippen LogP contribution is -2.19. The van der Waals surface area contributed by atoms with E-state index in [0.717, 1.165) is 5.56 Å². The summed E-state index contributed by atoms with van der Waals surface area (Å²) in [5.41, 5.74) is 2.45. The van der Waals surface area contributed by atoms with Gasteiger partial charge in [-0.15, -0.1) is 11.6 Å². The molecule has 7 heteroatoms. The number of nitrogens with zero attached hydrogens (tertiary/aromatic N) is 3. The van der Waals surface area contributed by atoms with Gasteiger partial charge in [0.25, 0.3) is 0 Å². The van der Waals surface area contributed by atoms with E-state index in [0.29, 0.717) is 22.2 Å². The smallest absolute Gasteiger partial charge is 0.239 e. The normalized spacial score (nSPS) is 11.2. The number of hydrogen-bond acceptors (Lipinski definition) is 4. The number of benzene rings is 1. The van der Waals surface area contributed by atoms with Crippen LogP contribution in [0.2, 0.25) is 5.15 Å². The molecular weight excluding hydrogens is 335 g/mol. The second-order valence-corrected chi connectivity index (χ2v) is 5.53. The van der Waals surface area contributed by atoms with Crippen LogP contribution in [0.4, 0.5) is 5.69 Å². The van der Waals surface area contributed by atoms with Crippen LogP contribution in [-0.4, -0.2) is 41.6 Å². The zero-order valence-electron chi connectivity index (χ0n) is 12.8. The summed E-state index contributed by atoms with van der Waals surface area (Å²) in [6, 6.07) is 12.8. The largest absolute Gasteiger partial charge is 0.323 e. The maximum Gasteiger partial charge on any atom is 0.239 e. The molecule has 23 heavy (non-hydrogen) atoms. The molecule has 1 heterocycles. The lowest BCUT2D eigenvalue weighted by atomic mass is 10.1. The van der Waals surface area contributed by atoms with E-state index in [1.807, 2.05) is 44.4 Å². The quantitative estimate of drug-likeness (QED) is 0.389. The summed E-state index contributed by atoms with van der Waals surface area (Å²) in [6.07, 6.45) is 0. The van der Waals surface area contributed by atoms with Crippen molar-refractivity contribution in [3.05, 3.63) is 58.9 Å². The number of amides is 1. The van der Waals surface area contributed by atoms with Gasteiger partial charge in [0.1, 0.15) is 22.4 Å². The zero-order chi connectivity index (χ0) is 16.8. The Morgan fingerprint density at radius 1 is 1.22 bits per heavy atom. The number of rotatable bonds is 5. The maximum absolute atomic E-state index is 11.6. The topological polar surface area (TPSA) is 57.6 Å². The molecule has 5 nitrogen and oxygen atoms in total. The van der Waals surface area contributed by atoms with Gasteiger partial charge in [-0.3, -0.25) is 4.79 Å². The van der Waals surface area contributed by atoms with E-state index in [2.05, 4.69) is 15.4 Å². The van der Waals surface area contributed by atoms with Crippen molar-refractivity contribution in [2.24, 2.45) is 5.10 Å². The van der Waals surface area contributed by atoms with Crippen molar-refractivity contribution in [3.63, 3.8) is 0 Å². The number of anilines is 1. The molecule has 120 valence electrons. The average Bonchev–Trinajstić information content (AvgIpc) is 2.55. The Balaban J connectivity index is 2.58. The Hall–Kier alpha value is -2.11. The summed E-state index contributed by atoms with van der Waals surface area (Å²) in [6.45, 7) is 0. The van der Waals surface area contributed by atoms with Gasteiger partial charge in [-0.2, -0.15) is 5.10 Å². The highest BCUT2D eigenvalue weighted by Crippen LogP contribution is 2.21. The number of nitrogens with one attached hydrogen (secondary N) is 1. The predicted octanol–water partition coefficient (Wildman–Crippen LogP) is 3.23. The van der Waals surface area contributed by atoms with Crippen LogP contribution in [0.5, 0.6) is 0 Å². The molecule has 0 radical (unpaired) electrons. The van der Waals surface area contributed by atoms with Crippen molar-refractivity contribution in [1.29, 1.82) is 0 Å². The van der Waals surface area contributed by atoms with Gasteiger partial charge in [0.05, 0.1) is 5.69 Å². The summed E-state index contributed by atoms with van der Waals surface area (Å²) < 4.78 is 0. The Labute approximate surface area is 144 Å². The molecule has 2 rings (SSSR count). The first-order chi connectivity index (χ1) is 11.0. The lowest BCUT2D eigenvalue weighted by molar-refractivity contribution is -0.113. The van der Waals surface area contributed by atoms with Gasteiger partial charge in [-0.25, -0.2) is 4.98 Å². The van der Waals surface area contributed by atoms with E-state index in [9.17, 15) is 4.79 Å². The molecule has 0 unspecified atom stereocenters. The molecule has 0 bridgehead atoms. The number of pyridine rings is 1. The first kappa shape index (κ1) is 17.2. The van der Waals surface area contributed by atoms with Crippen molar-refractivity contribution in [1.82, 2.24) is 9.99 Å². The van der Waals surface area contributed by atoms with Crippen LogP contribution in [0.1, 0.15) is 11.3 Å². The van der Waals surface area contributed by atoms with E-state index in [1.165, 1.54) is 0 Å². The highest BCUT2D eigenvalue weighted by Gasteiger charge is 2.16. The minimum atomic E-state index is -0.325. The predicted molar refractivity (Wildman–Crippen MR) is 94.4 cm³/mol. The highest BCUT2D eigenvalue weighted by molar-refractivity contribution is 6.31. The Morgan fingerprint density at radius 2 is 1.91 bits per heavy atom. The Kier molecular flexibility index (Phi) is 5.96. The first-order valence-corrected chi connectivity index (χ1v) is 7.76. The molecule has 1 aromatic heterocycles. The Bertz CT molecular complexity index is 717. The van der Waals surface area contributed by atoms with Gasteiger partial charge in [0.2, 0.25) is 5.91 Å². The van der Waals surface area contributed by atoms with E-state index >= 15 is 0 Å². The monoisotopic (exact) mass is 350 g/mol. The fourth-order valence-corrected chi connectivity index (χ4v) is 2.15. The van der Waals surface area contributed by atoms with Crippen molar-refractivity contribution >= 4 is 40.5 Å². The van der Waals surface area contributed by atoms with Crippen LogP contribution in [0.3, 0.4) is 0 Å². The van der Waals surface area contributed by atoms with E-state index in [1.54, 1.807) is 17.1 Å². The molecule has 0 spiro atoms. The number of hydrogen-bond donors (Lipinski definition) is 1. The minimum Gasteiger partial charge on any atom is -0.323 e. The van der Waals surface area contributed by atoms with Gasteiger partial charge in [-0.05, 0) is 12.1 Å². The molecule has 0 aliphatic carbocycles. The molecule has 0 atom stereocenters. The second-order valence-electron chi connectivity index (χ2n) is 4.87. The molecule has 1 aromatic carbocycles. The molecule has 2 aromatic rings. The third kappa shape index (κ3) is 4.68. The number of carbonyl (C=O) groups excluding carboxylic acids is 1. The Morgan fingerprint density at radius 3 is 2.52 bits per heavy atom. The summed E-state index contributed by atoms with van der Waals surface area (Å²) >= 11 is 11.6.